The van der Waals surface area contributed by atoms with Gasteiger partial charge in [-0.2, -0.15) is 0 Å². The van der Waals surface area contributed by atoms with Crippen LogP contribution in [0.5, 0.6) is 11.5 Å². The van der Waals surface area contributed by atoms with E-state index in [1.54, 1.807) is 7.11 Å². The number of hydrogen-bond donors (Lipinski definition) is 0. The molecule has 0 heterocycles. The summed E-state index contributed by atoms with van der Waals surface area (Å²) in [6.45, 7) is 0.436. The summed E-state index contributed by atoms with van der Waals surface area (Å²) < 4.78 is 11.5. The highest BCUT2D eigenvalue weighted by atomic mass is 35.5. The van der Waals surface area contributed by atoms with Gasteiger partial charge >= 0.3 is 0 Å². The molecule has 4 aromatic rings. The number of hydrogen-bond acceptors (Lipinski definition) is 2. The lowest BCUT2D eigenvalue weighted by Gasteiger charge is -2.14. The summed E-state index contributed by atoms with van der Waals surface area (Å²) in [5, 5.41) is 0.718. The Labute approximate surface area is 176 Å². The van der Waals surface area contributed by atoms with Crippen LogP contribution in [0.25, 0.3) is 22.3 Å². The molecule has 0 saturated carbocycles. The van der Waals surface area contributed by atoms with Gasteiger partial charge in [-0.05, 0) is 64.7 Å². The van der Waals surface area contributed by atoms with Gasteiger partial charge in [0.1, 0.15) is 18.1 Å². The van der Waals surface area contributed by atoms with Crippen LogP contribution < -0.4 is 9.47 Å². The fraction of sp³-hybridized carbons (Fsp3) is 0.0769. The van der Waals surface area contributed by atoms with Gasteiger partial charge in [-0.3, -0.25) is 0 Å². The Bertz CT molecular complexity index is 1070. The molecule has 143 valence electrons. The van der Waals surface area contributed by atoms with Gasteiger partial charge in [-0.15, -0.1) is 0 Å². The molecule has 0 aliphatic rings. The second-order valence-electron chi connectivity index (χ2n) is 6.62. The van der Waals surface area contributed by atoms with Gasteiger partial charge in [-0.25, -0.2) is 0 Å². The van der Waals surface area contributed by atoms with Crippen molar-refractivity contribution in [2.45, 2.75) is 6.61 Å². The van der Waals surface area contributed by atoms with E-state index in [2.05, 4.69) is 12.1 Å². The Kier molecular flexibility index (Phi) is 5.83. The average Bonchev–Trinajstić information content (AvgIpc) is 2.79. The molecule has 0 fully saturated rings. The zero-order valence-corrected chi connectivity index (χ0v) is 16.8. The van der Waals surface area contributed by atoms with E-state index in [9.17, 15) is 0 Å². The molecule has 4 rings (SSSR count). The quantitative estimate of drug-likeness (QED) is 0.345. The lowest BCUT2D eigenvalue weighted by Crippen LogP contribution is -1.99. The Morgan fingerprint density at radius 3 is 2.21 bits per heavy atom. The summed E-state index contributed by atoms with van der Waals surface area (Å²) in [4.78, 5) is 0. The zero-order chi connectivity index (χ0) is 20.1. The minimum absolute atomic E-state index is 0.436. The zero-order valence-electron chi connectivity index (χ0n) is 16.1. The maximum Gasteiger partial charge on any atom is 0.119 e. The maximum atomic E-state index is 6.08. The highest BCUT2D eigenvalue weighted by molar-refractivity contribution is 6.30. The molecule has 0 aromatic heterocycles. The molecule has 0 spiro atoms. The maximum absolute atomic E-state index is 6.08. The molecule has 0 atom stereocenters. The Morgan fingerprint density at radius 1 is 0.793 bits per heavy atom. The molecule has 0 saturated heterocycles. The summed E-state index contributed by atoms with van der Waals surface area (Å²) in [6, 6.07) is 33.1. The Hall–Kier alpha value is -3.23. The van der Waals surface area contributed by atoms with Crippen LogP contribution in [0.15, 0.2) is 91.0 Å². The number of benzene rings is 4. The smallest absolute Gasteiger partial charge is 0.119 e. The molecule has 3 heteroatoms. The summed E-state index contributed by atoms with van der Waals surface area (Å²) in [5.74, 6) is 1.62. The molecule has 0 aliphatic carbocycles. The topological polar surface area (TPSA) is 18.5 Å². The molecule has 0 N–H and O–H groups in total. The third-order valence-corrected chi connectivity index (χ3v) is 4.99. The van der Waals surface area contributed by atoms with Crippen LogP contribution >= 0.6 is 11.6 Å². The van der Waals surface area contributed by atoms with Crippen molar-refractivity contribution in [1.82, 2.24) is 0 Å². The van der Waals surface area contributed by atoms with Crippen LogP contribution in [0, 0.1) is 6.07 Å². The molecular weight excluding hydrogens is 380 g/mol. The molecule has 0 aliphatic heterocycles. The van der Waals surface area contributed by atoms with Crippen molar-refractivity contribution < 1.29 is 9.47 Å². The summed E-state index contributed by atoms with van der Waals surface area (Å²) in [7, 11) is 1.67. The largest absolute Gasteiger partial charge is 0.497 e. The molecule has 4 aromatic carbocycles. The highest BCUT2D eigenvalue weighted by Crippen LogP contribution is 2.30. The summed E-state index contributed by atoms with van der Waals surface area (Å²) in [6.07, 6.45) is 0. The second kappa shape index (κ2) is 8.85. The van der Waals surface area contributed by atoms with Gasteiger partial charge < -0.3 is 9.47 Å². The number of halogens is 1. The third-order valence-electron chi connectivity index (χ3n) is 4.74. The molecule has 0 unspecified atom stereocenters. The normalized spacial score (nSPS) is 10.6. The standard InChI is InChI=1S/C26H20ClO2/c1-28-25-15-16-26(21-7-11-23(27)12-8-21)22(17-25)18-29-24-13-9-20(10-14-24)19-5-3-2-4-6-19/h2-5,7-17H,18H2,1H3. The van der Waals surface area contributed by atoms with E-state index in [-0.39, 0.29) is 0 Å². The SMILES string of the molecule is COc1ccc(-c2ccc(Cl)cc2)c(COc2ccc(-c3[c]cccc3)cc2)c1. The minimum Gasteiger partial charge on any atom is -0.497 e. The van der Waals surface area contributed by atoms with Crippen LogP contribution in [-0.4, -0.2) is 7.11 Å². The first-order valence-electron chi connectivity index (χ1n) is 9.36. The molecule has 1 radical (unpaired) electrons. The van der Waals surface area contributed by atoms with Gasteiger partial charge in [-0.1, -0.05) is 66.2 Å². The Morgan fingerprint density at radius 2 is 1.52 bits per heavy atom. The average molecular weight is 400 g/mol. The van der Waals surface area contributed by atoms with Crippen molar-refractivity contribution in [3.8, 4) is 33.8 Å². The van der Waals surface area contributed by atoms with Crippen molar-refractivity contribution in [2.75, 3.05) is 7.11 Å². The molecular formula is C26H20ClO2. The third kappa shape index (κ3) is 4.61. The van der Waals surface area contributed by atoms with Crippen LogP contribution in [0.2, 0.25) is 5.02 Å². The molecule has 0 bridgehead atoms. The van der Waals surface area contributed by atoms with Crippen LogP contribution in [0.1, 0.15) is 5.56 Å². The van der Waals surface area contributed by atoms with E-state index < -0.39 is 0 Å². The van der Waals surface area contributed by atoms with E-state index in [0.717, 1.165) is 44.3 Å². The fourth-order valence-corrected chi connectivity index (χ4v) is 3.32. The van der Waals surface area contributed by atoms with Crippen molar-refractivity contribution >= 4 is 11.6 Å². The predicted molar refractivity (Wildman–Crippen MR) is 118 cm³/mol. The van der Waals surface area contributed by atoms with Crippen LogP contribution in [0.4, 0.5) is 0 Å². The van der Waals surface area contributed by atoms with Gasteiger partial charge in [0.05, 0.1) is 7.11 Å². The van der Waals surface area contributed by atoms with Gasteiger partial charge in [0.15, 0.2) is 0 Å². The van der Waals surface area contributed by atoms with E-state index in [1.165, 1.54) is 0 Å². The van der Waals surface area contributed by atoms with E-state index in [4.69, 9.17) is 21.1 Å². The summed E-state index contributed by atoms with van der Waals surface area (Å²) in [5.41, 5.74) is 5.41. The van der Waals surface area contributed by atoms with Crippen molar-refractivity contribution in [2.24, 2.45) is 0 Å². The van der Waals surface area contributed by atoms with Crippen molar-refractivity contribution in [1.29, 1.82) is 0 Å². The predicted octanol–water partition coefficient (Wildman–Crippen LogP) is 7.06. The second-order valence-corrected chi connectivity index (χ2v) is 7.06. The van der Waals surface area contributed by atoms with Gasteiger partial charge in [0.25, 0.3) is 0 Å². The van der Waals surface area contributed by atoms with Gasteiger partial charge in [0, 0.05) is 10.6 Å². The molecule has 0 amide bonds. The Balaban J connectivity index is 1.55. The summed E-state index contributed by atoms with van der Waals surface area (Å²) >= 11 is 6.04. The number of ether oxygens (including phenoxy) is 2. The van der Waals surface area contributed by atoms with E-state index in [0.29, 0.717) is 6.61 Å². The van der Waals surface area contributed by atoms with Crippen molar-refractivity contribution in [3.05, 3.63) is 108 Å². The van der Waals surface area contributed by atoms with Crippen molar-refractivity contribution in [3.63, 3.8) is 0 Å². The minimum atomic E-state index is 0.436. The monoisotopic (exact) mass is 399 g/mol. The lowest BCUT2D eigenvalue weighted by atomic mass is 10.00. The molecule has 2 nitrogen and oxygen atoms in total. The lowest BCUT2D eigenvalue weighted by molar-refractivity contribution is 0.306. The van der Waals surface area contributed by atoms with E-state index in [1.807, 2.05) is 84.9 Å². The van der Waals surface area contributed by atoms with Crippen LogP contribution in [-0.2, 0) is 6.61 Å². The number of methoxy groups -OCH3 is 1. The van der Waals surface area contributed by atoms with Gasteiger partial charge in [0.2, 0.25) is 0 Å². The first-order chi connectivity index (χ1) is 14.2. The van der Waals surface area contributed by atoms with Crippen LogP contribution in [0.3, 0.4) is 0 Å². The number of rotatable bonds is 6. The molecule has 29 heavy (non-hydrogen) atoms. The van der Waals surface area contributed by atoms with E-state index >= 15 is 0 Å². The fourth-order valence-electron chi connectivity index (χ4n) is 3.19. The first kappa shape index (κ1) is 19.1. The highest BCUT2D eigenvalue weighted by Gasteiger charge is 2.09. The first-order valence-corrected chi connectivity index (χ1v) is 9.73.